The van der Waals surface area contributed by atoms with Gasteiger partial charge in [0.25, 0.3) is 0 Å². The van der Waals surface area contributed by atoms with Gasteiger partial charge in [0.15, 0.2) is 0 Å². The summed E-state index contributed by atoms with van der Waals surface area (Å²) in [4.78, 5) is 12.9. The molecule has 1 heterocycles. The van der Waals surface area contributed by atoms with Gasteiger partial charge >= 0.3 is 0 Å². The number of amides is 1. The summed E-state index contributed by atoms with van der Waals surface area (Å²) in [6.07, 6.45) is 3.67. The van der Waals surface area contributed by atoms with Crippen LogP contribution < -0.4 is 0 Å². The van der Waals surface area contributed by atoms with Crippen LogP contribution in [0.3, 0.4) is 0 Å². The van der Waals surface area contributed by atoms with Crippen molar-refractivity contribution in [1.82, 2.24) is 4.90 Å². The van der Waals surface area contributed by atoms with E-state index < -0.39 is 0 Å². The molecule has 1 aliphatic rings. The van der Waals surface area contributed by atoms with Crippen LogP contribution in [0.15, 0.2) is 12.7 Å². The summed E-state index contributed by atoms with van der Waals surface area (Å²) < 4.78 is 0. The maximum absolute atomic E-state index is 11.0. The minimum absolute atomic E-state index is 0.0741. The van der Waals surface area contributed by atoms with E-state index in [1.807, 2.05) is 4.90 Å². The first-order chi connectivity index (χ1) is 4.75. The van der Waals surface area contributed by atoms with Gasteiger partial charge in [0.1, 0.15) is 0 Å². The van der Waals surface area contributed by atoms with E-state index in [0.717, 1.165) is 19.4 Å². The average Bonchev–Trinajstić information content (AvgIpc) is 2.34. The molecule has 0 unspecified atom stereocenters. The molecule has 1 rings (SSSR count). The van der Waals surface area contributed by atoms with E-state index in [4.69, 9.17) is 0 Å². The lowest BCUT2D eigenvalue weighted by atomic mass is 10.2. The molecule has 1 saturated heterocycles. The molecular weight excluding hydrogens is 126 g/mol. The molecule has 0 saturated carbocycles. The summed E-state index contributed by atoms with van der Waals surface area (Å²) in [5.41, 5.74) is 0. The van der Waals surface area contributed by atoms with Crippen molar-refractivity contribution in [3.8, 4) is 0 Å². The zero-order chi connectivity index (χ0) is 7.56. The van der Waals surface area contributed by atoms with Crippen molar-refractivity contribution in [2.45, 2.75) is 25.8 Å². The number of hydrogen-bond acceptors (Lipinski definition) is 1. The Morgan fingerprint density at radius 1 is 1.80 bits per heavy atom. The summed E-state index contributed by atoms with van der Waals surface area (Å²) >= 11 is 0. The van der Waals surface area contributed by atoms with E-state index in [1.54, 1.807) is 0 Å². The summed E-state index contributed by atoms with van der Waals surface area (Å²) in [6, 6.07) is 0.422. The molecular formula is C8H13NO. The molecule has 0 aromatic carbocycles. The predicted octanol–water partition coefficient (Wildman–Crippen LogP) is 1.18. The molecule has 1 fully saturated rings. The van der Waals surface area contributed by atoms with Crippen molar-refractivity contribution in [2.24, 2.45) is 0 Å². The maximum atomic E-state index is 11.0. The van der Waals surface area contributed by atoms with E-state index in [9.17, 15) is 4.79 Å². The van der Waals surface area contributed by atoms with Gasteiger partial charge in [0.2, 0.25) is 5.91 Å². The minimum atomic E-state index is 0.0741. The van der Waals surface area contributed by atoms with Crippen LogP contribution in [-0.2, 0) is 4.79 Å². The summed E-state index contributed by atoms with van der Waals surface area (Å²) in [6.45, 7) is 6.43. The maximum Gasteiger partial charge on any atom is 0.246 e. The molecule has 10 heavy (non-hydrogen) atoms. The zero-order valence-corrected chi connectivity index (χ0v) is 6.34. The molecule has 0 N–H and O–H groups in total. The number of carbonyl (C=O) groups excluding carboxylic acids is 1. The second kappa shape index (κ2) is 2.86. The molecule has 1 amide bonds. The van der Waals surface area contributed by atoms with Gasteiger partial charge in [-0.1, -0.05) is 6.58 Å². The third kappa shape index (κ3) is 1.20. The largest absolute Gasteiger partial charge is 0.336 e. The topological polar surface area (TPSA) is 20.3 Å². The molecule has 0 spiro atoms. The Balaban J connectivity index is 2.54. The molecule has 1 atom stereocenters. The standard InChI is InChI=1S/C8H13NO/c1-3-8(10)9-6-4-5-7(9)2/h3,7H,1,4-6H2,2H3/t7-/m1/s1. The molecule has 0 radical (unpaired) electrons. The van der Waals surface area contributed by atoms with E-state index in [0.29, 0.717) is 6.04 Å². The molecule has 0 aromatic heterocycles. The normalized spacial score (nSPS) is 24.9. The number of carbonyl (C=O) groups is 1. The molecule has 1 aliphatic heterocycles. The van der Waals surface area contributed by atoms with Crippen molar-refractivity contribution in [1.29, 1.82) is 0 Å². The highest BCUT2D eigenvalue weighted by Crippen LogP contribution is 2.15. The monoisotopic (exact) mass is 139 g/mol. The van der Waals surface area contributed by atoms with Gasteiger partial charge in [-0.3, -0.25) is 4.79 Å². The van der Waals surface area contributed by atoms with Crippen LogP contribution in [0.25, 0.3) is 0 Å². The Morgan fingerprint density at radius 3 is 2.90 bits per heavy atom. The van der Waals surface area contributed by atoms with Crippen LogP contribution >= 0.6 is 0 Å². The minimum Gasteiger partial charge on any atom is -0.336 e. The Morgan fingerprint density at radius 2 is 2.50 bits per heavy atom. The highest BCUT2D eigenvalue weighted by atomic mass is 16.2. The first kappa shape index (κ1) is 7.32. The number of hydrogen-bond donors (Lipinski definition) is 0. The molecule has 0 aliphatic carbocycles. The molecule has 2 heteroatoms. The fraction of sp³-hybridized carbons (Fsp3) is 0.625. The second-order valence-electron chi connectivity index (χ2n) is 2.73. The highest BCUT2D eigenvalue weighted by Gasteiger charge is 2.22. The lowest BCUT2D eigenvalue weighted by Crippen LogP contribution is -2.31. The first-order valence-corrected chi connectivity index (χ1v) is 3.68. The lowest BCUT2D eigenvalue weighted by Gasteiger charge is -2.18. The van der Waals surface area contributed by atoms with Crippen LogP contribution in [0, 0.1) is 0 Å². The van der Waals surface area contributed by atoms with Gasteiger partial charge in [-0.15, -0.1) is 0 Å². The summed E-state index contributed by atoms with van der Waals surface area (Å²) in [7, 11) is 0. The number of likely N-dealkylation sites (tertiary alicyclic amines) is 1. The Bertz CT molecular complexity index is 153. The number of nitrogens with zero attached hydrogens (tertiary/aromatic N) is 1. The summed E-state index contributed by atoms with van der Waals surface area (Å²) in [5, 5.41) is 0. The van der Waals surface area contributed by atoms with Gasteiger partial charge in [0, 0.05) is 12.6 Å². The summed E-state index contributed by atoms with van der Waals surface area (Å²) in [5.74, 6) is 0.0741. The van der Waals surface area contributed by atoms with Gasteiger partial charge in [-0.2, -0.15) is 0 Å². The fourth-order valence-electron chi connectivity index (χ4n) is 1.38. The smallest absolute Gasteiger partial charge is 0.246 e. The zero-order valence-electron chi connectivity index (χ0n) is 6.34. The van der Waals surface area contributed by atoms with Crippen molar-refractivity contribution in [3.63, 3.8) is 0 Å². The van der Waals surface area contributed by atoms with Crippen molar-refractivity contribution in [3.05, 3.63) is 12.7 Å². The van der Waals surface area contributed by atoms with E-state index in [2.05, 4.69) is 13.5 Å². The second-order valence-corrected chi connectivity index (χ2v) is 2.73. The Kier molecular flexibility index (Phi) is 2.10. The van der Waals surface area contributed by atoms with Crippen molar-refractivity contribution in [2.75, 3.05) is 6.54 Å². The Hall–Kier alpha value is -0.790. The van der Waals surface area contributed by atoms with Gasteiger partial charge in [-0.05, 0) is 25.8 Å². The third-order valence-corrected chi connectivity index (χ3v) is 2.01. The van der Waals surface area contributed by atoms with Gasteiger partial charge in [-0.25, -0.2) is 0 Å². The average molecular weight is 139 g/mol. The van der Waals surface area contributed by atoms with Crippen LogP contribution in [0.1, 0.15) is 19.8 Å². The van der Waals surface area contributed by atoms with Crippen LogP contribution in [-0.4, -0.2) is 23.4 Å². The molecule has 0 bridgehead atoms. The third-order valence-electron chi connectivity index (χ3n) is 2.01. The van der Waals surface area contributed by atoms with Crippen LogP contribution in [0.5, 0.6) is 0 Å². The lowest BCUT2D eigenvalue weighted by molar-refractivity contribution is -0.126. The van der Waals surface area contributed by atoms with Crippen molar-refractivity contribution < 1.29 is 4.79 Å². The van der Waals surface area contributed by atoms with E-state index in [1.165, 1.54) is 6.08 Å². The molecule has 56 valence electrons. The van der Waals surface area contributed by atoms with Crippen LogP contribution in [0.2, 0.25) is 0 Å². The van der Waals surface area contributed by atoms with Gasteiger partial charge in [0.05, 0.1) is 0 Å². The van der Waals surface area contributed by atoms with Crippen molar-refractivity contribution >= 4 is 5.91 Å². The SMILES string of the molecule is C=CC(=O)N1CCC[C@H]1C. The quantitative estimate of drug-likeness (QED) is 0.499. The number of rotatable bonds is 1. The van der Waals surface area contributed by atoms with E-state index in [-0.39, 0.29) is 5.91 Å². The van der Waals surface area contributed by atoms with Gasteiger partial charge < -0.3 is 4.90 Å². The Labute approximate surface area is 61.5 Å². The first-order valence-electron chi connectivity index (χ1n) is 3.68. The highest BCUT2D eigenvalue weighted by molar-refractivity contribution is 5.87. The predicted molar refractivity (Wildman–Crippen MR) is 40.6 cm³/mol. The molecule has 2 nitrogen and oxygen atoms in total. The fourth-order valence-corrected chi connectivity index (χ4v) is 1.38. The van der Waals surface area contributed by atoms with E-state index >= 15 is 0 Å². The van der Waals surface area contributed by atoms with Crippen LogP contribution in [0.4, 0.5) is 0 Å². The molecule has 0 aromatic rings.